The minimum absolute atomic E-state index is 0.0687. The van der Waals surface area contributed by atoms with Crippen molar-refractivity contribution in [3.63, 3.8) is 0 Å². The van der Waals surface area contributed by atoms with Gasteiger partial charge in [0.1, 0.15) is 5.75 Å². The average molecular weight is 327 g/mol. The lowest BCUT2D eigenvalue weighted by Gasteiger charge is -2.51. The van der Waals surface area contributed by atoms with Crippen LogP contribution in [0.4, 0.5) is 0 Å². The number of hydrogen-bond donors (Lipinski definition) is 0. The Kier molecular flexibility index (Phi) is 3.29. The summed E-state index contributed by atoms with van der Waals surface area (Å²) in [6.07, 6.45) is 1.44. The van der Waals surface area contributed by atoms with Gasteiger partial charge in [-0.15, -0.1) is 0 Å². The van der Waals surface area contributed by atoms with Gasteiger partial charge in [-0.05, 0) is 36.3 Å². The molecule has 2 aliphatic heterocycles. The first-order valence-corrected chi connectivity index (χ1v) is 7.86. The SMILES string of the molecule is C/C(=C/c1ccccc1)C12CO[C@H]1C(=O)c1cc(Cl)ccc1O2. The summed E-state index contributed by atoms with van der Waals surface area (Å²) < 4.78 is 11.8. The van der Waals surface area contributed by atoms with Crippen LogP contribution in [0.3, 0.4) is 0 Å². The third-order valence-electron chi connectivity index (χ3n) is 4.48. The van der Waals surface area contributed by atoms with Crippen LogP contribution in [0.5, 0.6) is 5.75 Å². The summed E-state index contributed by atoms with van der Waals surface area (Å²) in [5, 5.41) is 0.518. The second kappa shape index (κ2) is 5.22. The lowest BCUT2D eigenvalue weighted by Crippen LogP contribution is -2.67. The van der Waals surface area contributed by atoms with Crippen molar-refractivity contribution >= 4 is 23.5 Å². The van der Waals surface area contributed by atoms with Gasteiger partial charge < -0.3 is 9.47 Å². The summed E-state index contributed by atoms with van der Waals surface area (Å²) in [5.41, 5.74) is 1.83. The second-order valence-corrected chi connectivity index (χ2v) is 6.36. The standard InChI is InChI=1S/C19H15ClO3/c1-12(9-13-5-3-2-4-6-13)19-11-22-18(19)17(21)15-10-14(20)7-8-16(15)23-19/h2-10,18H,11H2,1H3/b12-9-/t18-,19?/m0/s1. The minimum Gasteiger partial charge on any atom is -0.476 e. The van der Waals surface area contributed by atoms with E-state index in [1.807, 2.05) is 43.3 Å². The van der Waals surface area contributed by atoms with Gasteiger partial charge in [-0.25, -0.2) is 0 Å². The van der Waals surface area contributed by atoms with Crippen molar-refractivity contribution in [2.75, 3.05) is 6.61 Å². The first-order chi connectivity index (χ1) is 11.1. The molecular weight excluding hydrogens is 312 g/mol. The molecular formula is C19H15ClO3. The Balaban J connectivity index is 1.76. The zero-order valence-electron chi connectivity index (χ0n) is 12.6. The third-order valence-corrected chi connectivity index (χ3v) is 4.71. The van der Waals surface area contributed by atoms with Crippen molar-refractivity contribution in [3.05, 3.63) is 70.3 Å². The second-order valence-electron chi connectivity index (χ2n) is 5.93. The van der Waals surface area contributed by atoms with Crippen LogP contribution < -0.4 is 4.74 Å². The molecule has 1 saturated heterocycles. The average Bonchev–Trinajstić information content (AvgIpc) is 2.52. The van der Waals surface area contributed by atoms with Crippen LogP contribution in [0.1, 0.15) is 22.8 Å². The molecule has 0 radical (unpaired) electrons. The Morgan fingerprint density at radius 1 is 1.26 bits per heavy atom. The van der Waals surface area contributed by atoms with Gasteiger partial charge in [0.25, 0.3) is 0 Å². The summed E-state index contributed by atoms with van der Waals surface area (Å²) in [6.45, 7) is 2.36. The predicted octanol–water partition coefficient (Wildman–Crippen LogP) is 4.16. The van der Waals surface area contributed by atoms with Gasteiger partial charge in [0.2, 0.25) is 0 Å². The maximum absolute atomic E-state index is 12.7. The monoisotopic (exact) mass is 326 g/mol. The fourth-order valence-corrected chi connectivity index (χ4v) is 3.30. The molecule has 0 aliphatic carbocycles. The molecule has 0 amide bonds. The number of halogens is 1. The number of hydrogen-bond acceptors (Lipinski definition) is 3. The van der Waals surface area contributed by atoms with Crippen molar-refractivity contribution < 1.29 is 14.3 Å². The summed E-state index contributed by atoms with van der Waals surface area (Å²) in [6, 6.07) is 15.1. The number of ketones is 1. The Labute approximate surface area is 139 Å². The molecule has 0 N–H and O–H groups in total. The zero-order valence-corrected chi connectivity index (χ0v) is 13.3. The van der Waals surface area contributed by atoms with Crippen molar-refractivity contribution in [1.82, 2.24) is 0 Å². The fourth-order valence-electron chi connectivity index (χ4n) is 3.13. The van der Waals surface area contributed by atoms with Crippen molar-refractivity contribution in [3.8, 4) is 5.75 Å². The fraction of sp³-hybridized carbons (Fsp3) is 0.211. The zero-order chi connectivity index (χ0) is 16.0. The van der Waals surface area contributed by atoms with Gasteiger partial charge in [-0.3, -0.25) is 4.79 Å². The molecule has 23 heavy (non-hydrogen) atoms. The van der Waals surface area contributed by atoms with E-state index in [4.69, 9.17) is 21.1 Å². The highest BCUT2D eigenvalue weighted by atomic mass is 35.5. The number of carbonyl (C=O) groups excluding carboxylic acids is 1. The smallest absolute Gasteiger partial charge is 0.199 e. The van der Waals surface area contributed by atoms with E-state index < -0.39 is 11.7 Å². The maximum atomic E-state index is 12.7. The van der Waals surface area contributed by atoms with Crippen LogP contribution in [-0.4, -0.2) is 24.1 Å². The summed E-state index contributed by atoms with van der Waals surface area (Å²) in [5.74, 6) is 0.501. The molecule has 2 atom stereocenters. The van der Waals surface area contributed by atoms with Crippen LogP contribution in [-0.2, 0) is 4.74 Å². The van der Waals surface area contributed by atoms with Gasteiger partial charge in [-0.1, -0.05) is 48.0 Å². The van der Waals surface area contributed by atoms with Crippen LogP contribution in [0, 0.1) is 0 Å². The molecule has 0 bridgehead atoms. The van der Waals surface area contributed by atoms with Crippen molar-refractivity contribution in [1.29, 1.82) is 0 Å². The molecule has 0 spiro atoms. The number of fused-ring (bicyclic) bond motifs is 2. The van der Waals surface area contributed by atoms with Crippen LogP contribution in [0.2, 0.25) is 5.02 Å². The molecule has 1 unspecified atom stereocenters. The highest BCUT2D eigenvalue weighted by molar-refractivity contribution is 6.31. The van der Waals surface area contributed by atoms with Gasteiger partial charge in [0.05, 0.1) is 12.2 Å². The van der Waals surface area contributed by atoms with Gasteiger partial charge in [0, 0.05) is 5.02 Å². The Morgan fingerprint density at radius 2 is 2.04 bits per heavy atom. The van der Waals surface area contributed by atoms with E-state index in [2.05, 4.69) is 0 Å². The number of carbonyl (C=O) groups is 1. The molecule has 116 valence electrons. The molecule has 2 aliphatic rings. The van der Waals surface area contributed by atoms with Crippen LogP contribution >= 0.6 is 11.6 Å². The molecule has 0 aromatic heterocycles. The Hall–Kier alpha value is -2.10. The van der Waals surface area contributed by atoms with E-state index in [-0.39, 0.29) is 5.78 Å². The molecule has 3 nitrogen and oxygen atoms in total. The van der Waals surface area contributed by atoms with Gasteiger partial charge >= 0.3 is 0 Å². The topological polar surface area (TPSA) is 35.5 Å². The highest BCUT2D eigenvalue weighted by Crippen LogP contribution is 2.45. The summed E-state index contributed by atoms with van der Waals surface area (Å²) in [7, 11) is 0. The Morgan fingerprint density at radius 3 is 2.74 bits per heavy atom. The van der Waals surface area contributed by atoms with E-state index in [1.54, 1.807) is 18.2 Å². The van der Waals surface area contributed by atoms with Gasteiger partial charge in [0.15, 0.2) is 17.5 Å². The number of benzene rings is 2. The number of ether oxygens (including phenoxy) is 2. The maximum Gasteiger partial charge on any atom is 0.199 e. The molecule has 4 rings (SSSR count). The van der Waals surface area contributed by atoms with Crippen molar-refractivity contribution in [2.24, 2.45) is 0 Å². The molecule has 0 saturated carbocycles. The van der Waals surface area contributed by atoms with E-state index in [1.165, 1.54) is 0 Å². The van der Waals surface area contributed by atoms with Crippen LogP contribution in [0.25, 0.3) is 6.08 Å². The van der Waals surface area contributed by atoms with E-state index in [0.29, 0.717) is 22.9 Å². The normalized spacial score (nSPS) is 25.9. The summed E-state index contributed by atoms with van der Waals surface area (Å²) >= 11 is 5.99. The highest BCUT2D eigenvalue weighted by Gasteiger charge is 2.59. The lowest BCUT2D eigenvalue weighted by molar-refractivity contribution is -0.183. The number of rotatable bonds is 2. The molecule has 2 aromatic rings. The Bertz CT molecular complexity index is 813. The molecule has 2 heterocycles. The van der Waals surface area contributed by atoms with Crippen LogP contribution in [0.15, 0.2) is 54.1 Å². The first-order valence-electron chi connectivity index (χ1n) is 7.48. The van der Waals surface area contributed by atoms with E-state index >= 15 is 0 Å². The molecule has 2 aromatic carbocycles. The van der Waals surface area contributed by atoms with Gasteiger partial charge in [-0.2, -0.15) is 0 Å². The predicted molar refractivity (Wildman–Crippen MR) is 89.0 cm³/mol. The minimum atomic E-state index is -0.715. The number of Topliss-reactive ketones (excluding diaryl/α,β-unsaturated/α-hetero) is 1. The third kappa shape index (κ3) is 2.19. The van der Waals surface area contributed by atoms with E-state index in [9.17, 15) is 4.79 Å². The van der Waals surface area contributed by atoms with E-state index in [0.717, 1.165) is 11.1 Å². The molecule has 1 fully saturated rings. The lowest BCUT2D eigenvalue weighted by atomic mass is 9.78. The van der Waals surface area contributed by atoms with Crippen molar-refractivity contribution in [2.45, 2.75) is 18.6 Å². The molecule has 4 heteroatoms. The summed E-state index contributed by atoms with van der Waals surface area (Å²) in [4.78, 5) is 12.7. The quantitative estimate of drug-likeness (QED) is 0.831. The largest absolute Gasteiger partial charge is 0.476 e. The first kappa shape index (κ1) is 14.5.